The van der Waals surface area contributed by atoms with Crippen molar-refractivity contribution in [2.45, 2.75) is 187 Å². The van der Waals surface area contributed by atoms with E-state index in [1.807, 2.05) is 0 Å². The normalized spacial score (nSPS) is 11.3. The first kappa shape index (κ1) is 34.4. The summed E-state index contributed by atoms with van der Waals surface area (Å²) >= 11 is 0. The molecule has 0 saturated heterocycles. The number of hydrogen-bond acceptors (Lipinski definition) is 3. The Hall–Kier alpha value is -0.570. The van der Waals surface area contributed by atoms with Gasteiger partial charge in [-0.15, -0.1) is 0 Å². The Kier molecular flexibility index (Phi) is 30.9. The molecule has 1 N–H and O–H groups in total. The van der Waals surface area contributed by atoms with Crippen molar-refractivity contribution in [2.24, 2.45) is 0 Å². The maximum Gasteiger partial charge on any atom is 0.305 e. The number of hydrogen-bond donors (Lipinski definition) is 1. The molecule has 0 atom stereocenters. The van der Waals surface area contributed by atoms with Gasteiger partial charge < -0.3 is 9.84 Å². The first-order chi connectivity index (χ1) is 17.3. The Balaban J connectivity index is 3.14. The Morgan fingerprint density at radius 3 is 1.14 bits per heavy atom. The minimum Gasteiger partial charge on any atom is -0.466 e. The van der Waals surface area contributed by atoms with Crippen LogP contribution in [0.4, 0.5) is 0 Å². The molecule has 0 saturated carbocycles. The lowest BCUT2D eigenvalue weighted by Gasteiger charge is -2.06. The zero-order chi connectivity index (χ0) is 25.5. The highest BCUT2D eigenvalue weighted by atomic mass is 16.5. The lowest BCUT2D eigenvalue weighted by Crippen LogP contribution is -2.05. The number of rotatable bonds is 30. The molecule has 0 amide bonds. The molecule has 0 aromatic rings. The summed E-state index contributed by atoms with van der Waals surface area (Å²) in [6.45, 7) is 3.25. The van der Waals surface area contributed by atoms with Crippen LogP contribution in [-0.2, 0) is 9.53 Å². The van der Waals surface area contributed by atoms with Crippen LogP contribution >= 0.6 is 0 Å². The lowest BCUT2D eigenvalue weighted by atomic mass is 10.0. The summed E-state index contributed by atoms with van der Waals surface area (Å²) in [7, 11) is 0. The number of carbonyl (C=O) groups excluding carboxylic acids is 1. The van der Waals surface area contributed by atoms with Crippen LogP contribution in [0.5, 0.6) is 0 Å². The van der Waals surface area contributed by atoms with Crippen molar-refractivity contribution >= 4 is 5.97 Å². The summed E-state index contributed by atoms with van der Waals surface area (Å²) in [6, 6.07) is 0. The predicted octanol–water partition coefficient (Wildman–Crippen LogP) is 10.5. The van der Waals surface area contributed by atoms with Crippen LogP contribution in [0.15, 0.2) is 0 Å². The van der Waals surface area contributed by atoms with Crippen LogP contribution in [0.1, 0.15) is 187 Å². The van der Waals surface area contributed by atoms with Crippen molar-refractivity contribution in [2.75, 3.05) is 13.2 Å². The number of unbranched alkanes of at least 4 members (excludes halogenated alkanes) is 25. The van der Waals surface area contributed by atoms with Crippen LogP contribution in [0.25, 0.3) is 0 Å². The van der Waals surface area contributed by atoms with Gasteiger partial charge in [0.05, 0.1) is 6.61 Å². The first-order valence-corrected chi connectivity index (χ1v) is 16.1. The fourth-order valence-electron chi connectivity index (χ4n) is 4.88. The molecule has 0 bridgehead atoms. The average Bonchev–Trinajstić information content (AvgIpc) is 2.86. The molecule has 3 heteroatoms. The third-order valence-corrected chi connectivity index (χ3v) is 7.30. The Labute approximate surface area is 220 Å². The van der Waals surface area contributed by atoms with Gasteiger partial charge in [-0.3, -0.25) is 4.79 Å². The predicted molar refractivity (Wildman–Crippen MR) is 153 cm³/mol. The third-order valence-electron chi connectivity index (χ3n) is 7.30. The van der Waals surface area contributed by atoms with E-state index in [4.69, 9.17) is 9.84 Å². The van der Waals surface area contributed by atoms with E-state index < -0.39 is 0 Å². The monoisotopic (exact) mass is 496 g/mol. The maximum atomic E-state index is 11.9. The Bertz CT molecular complexity index is 396. The fraction of sp³-hybridized carbons (Fsp3) is 0.969. The molecule has 0 spiro atoms. The quantitative estimate of drug-likeness (QED) is 0.0794. The van der Waals surface area contributed by atoms with Gasteiger partial charge in [-0.25, -0.2) is 0 Å². The molecule has 3 nitrogen and oxygen atoms in total. The summed E-state index contributed by atoms with van der Waals surface area (Å²) < 4.78 is 5.41. The summed E-state index contributed by atoms with van der Waals surface area (Å²) in [5, 5.41) is 8.76. The summed E-state index contributed by atoms with van der Waals surface area (Å²) in [4.78, 5) is 11.9. The summed E-state index contributed by atoms with van der Waals surface area (Å²) in [5.41, 5.74) is 0. The standard InChI is InChI=1S/C32H64O3/c1-2-3-4-5-6-7-8-11-14-17-20-23-26-29-32(34)35-31-28-25-22-19-16-13-10-9-12-15-18-21-24-27-30-33/h33H,2-31H2,1H3. The van der Waals surface area contributed by atoms with E-state index >= 15 is 0 Å². The average molecular weight is 497 g/mol. The largest absolute Gasteiger partial charge is 0.466 e. The molecule has 35 heavy (non-hydrogen) atoms. The van der Waals surface area contributed by atoms with Crippen molar-refractivity contribution in [3.63, 3.8) is 0 Å². The minimum atomic E-state index is 0.0152. The number of ether oxygens (including phenoxy) is 1. The fourth-order valence-corrected chi connectivity index (χ4v) is 4.88. The number of carbonyl (C=O) groups is 1. The van der Waals surface area contributed by atoms with Gasteiger partial charge in [0.2, 0.25) is 0 Å². The van der Waals surface area contributed by atoms with E-state index in [9.17, 15) is 4.79 Å². The van der Waals surface area contributed by atoms with Crippen LogP contribution in [-0.4, -0.2) is 24.3 Å². The van der Waals surface area contributed by atoms with E-state index in [0.29, 0.717) is 19.6 Å². The second-order valence-electron chi connectivity index (χ2n) is 10.9. The van der Waals surface area contributed by atoms with Gasteiger partial charge >= 0.3 is 5.97 Å². The minimum absolute atomic E-state index is 0.0152. The zero-order valence-electron chi connectivity index (χ0n) is 24.0. The van der Waals surface area contributed by atoms with Gasteiger partial charge in [0.15, 0.2) is 0 Å². The molecule has 0 aromatic carbocycles. The van der Waals surface area contributed by atoms with E-state index in [-0.39, 0.29) is 5.97 Å². The van der Waals surface area contributed by atoms with E-state index in [1.54, 1.807) is 0 Å². The zero-order valence-corrected chi connectivity index (χ0v) is 24.0. The van der Waals surface area contributed by atoms with Crippen LogP contribution < -0.4 is 0 Å². The van der Waals surface area contributed by atoms with Crippen LogP contribution in [0, 0.1) is 0 Å². The summed E-state index contributed by atoms with van der Waals surface area (Å²) in [5.74, 6) is 0.0152. The van der Waals surface area contributed by atoms with Gasteiger partial charge in [0.25, 0.3) is 0 Å². The lowest BCUT2D eigenvalue weighted by molar-refractivity contribution is -0.143. The first-order valence-electron chi connectivity index (χ1n) is 16.1. The maximum absolute atomic E-state index is 11.9. The van der Waals surface area contributed by atoms with Crippen molar-refractivity contribution in [3.05, 3.63) is 0 Å². The van der Waals surface area contributed by atoms with Gasteiger partial charge in [-0.05, 0) is 19.3 Å². The Morgan fingerprint density at radius 1 is 0.457 bits per heavy atom. The number of aliphatic hydroxyl groups is 1. The third kappa shape index (κ3) is 31.4. The topological polar surface area (TPSA) is 46.5 Å². The highest BCUT2D eigenvalue weighted by Crippen LogP contribution is 2.14. The van der Waals surface area contributed by atoms with Gasteiger partial charge in [0, 0.05) is 13.0 Å². The smallest absolute Gasteiger partial charge is 0.305 e. The van der Waals surface area contributed by atoms with Gasteiger partial charge in [0.1, 0.15) is 0 Å². The molecule has 210 valence electrons. The molecule has 0 aliphatic heterocycles. The molecule has 0 rings (SSSR count). The summed E-state index contributed by atoms with van der Waals surface area (Å²) in [6.07, 6.45) is 35.9. The molecule has 0 aromatic heterocycles. The molecular formula is C32H64O3. The second-order valence-corrected chi connectivity index (χ2v) is 10.9. The molecule has 0 heterocycles. The molecule has 0 fully saturated rings. The van der Waals surface area contributed by atoms with Gasteiger partial charge in [-0.1, -0.05) is 161 Å². The number of aliphatic hydroxyl groups excluding tert-OH is 1. The van der Waals surface area contributed by atoms with E-state index in [2.05, 4.69) is 6.92 Å². The molecule has 0 unspecified atom stereocenters. The molecule has 0 radical (unpaired) electrons. The molecular weight excluding hydrogens is 432 g/mol. The molecule has 0 aliphatic carbocycles. The second kappa shape index (κ2) is 31.5. The molecule has 0 aliphatic rings. The van der Waals surface area contributed by atoms with Crippen molar-refractivity contribution in [3.8, 4) is 0 Å². The van der Waals surface area contributed by atoms with Crippen LogP contribution in [0.3, 0.4) is 0 Å². The SMILES string of the molecule is CCCCCCCCCCCCCCCC(=O)OCCCCCCCCCCCCCCCCO. The van der Waals surface area contributed by atoms with E-state index in [1.165, 1.54) is 154 Å². The van der Waals surface area contributed by atoms with Gasteiger partial charge in [-0.2, -0.15) is 0 Å². The highest BCUT2D eigenvalue weighted by Gasteiger charge is 2.02. The van der Waals surface area contributed by atoms with Crippen LogP contribution in [0.2, 0.25) is 0 Å². The van der Waals surface area contributed by atoms with E-state index in [0.717, 1.165) is 19.3 Å². The number of esters is 1. The highest BCUT2D eigenvalue weighted by molar-refractivity contribution is 5.69. The van der Waals surface area contributed by atoms with Crippen molar-refractivity contribution < 1.29 is 14.6 Å². The Morgan fingerprint density at radius 2 is 0.771 bits per heavy atom. The van der Waals surface area contributed by atoms with Crippen molar-refractivity contribution in [1.82, 2.24) is 0 Å². The van der Waals surface area contributed by atoms with Crippen molar-refractivity contribution in [1.29, 1.82) is 0 Å².